The zero-order valence-corrected chi connectivity index (χ0v) is 13.9. The number of morpholine rings is 1. The highest BCUT2D eigenvalue weighted by Gasteiger charge is 2.46. The van der Waals surface area contributed by atoms with Crippen molar-refractivity contribution in [2.45, 2.75) is 43.9 Å². The van der Waals surface area contributed by atoms with Gasteiger partial charge in [0.1, 0.15) is 6.61 Å². The molecule has 0 atom stereocenters. The Morgan fingerprint density at radius 1 is 1.21 bits per heavy atom. The van der Waals surface area contributed by atoms with Gasteiger partial charge < -0.3 is 9.64 Å². The summed E-state index contributed by atoms with van der Waals surface area (Å²) in [7, 11) is 0. The molecule has 2 heterocycles. The van der Waals surface area contributed by atoms with Crippen LogP contribution in [0, 0.1) is 11.3 Å². The zero-order chi connectivity index (χ0) is 16.6. The molecule has 1 amide bonds. The number of benzene rings is 1. The van der Waals surface area contributed by atoms with Crippen LogP contribution in [0.3, 0.4) is 0 Å². The third-order valence-corrected chi connectivity index (χ3v) is 5.52. The van der Waals surface area contributed by atoms with Crippen molar-refractivity contribution in [2.75, 3.05) is 26.2 Å². The molecular weight excluding hydrogens is 302 g/mol. The van der Waals surface area contributed by atoms with Crippen LogP contribution in [0.1, 0.15) is 36.8 Å². The number of amides is 1. The minimum Gasteiger partial charge on any atom is -0.363 e. The second-order valence-electron chi connectivity index (χ2n) is 7.31. The van der Waals surface area contributed by atoms with Gasteiger partial charge in [-0.15, -0.1) is 0 Å². The van der Waals surface area contributed by atoms with Crippen LogP contribution >= 0.6 is 0 Å². The summed E-state index contributed by atoms with van der Waals surface area (Å²) in [6.45, 7) is 3.93. The van der Waals surface area contributed by atoms with E-state index >= 15 is 0 Å². The Hall–Kier alpha value is -1.90. The summed E-state index contributed by atoms with van der Waals surface area (Å²) < 4.78 is 6.00. The highest BCUT2D eigenvalue weighted by Crippen LogP contribution is 2.36. The third kappa shape index (κ3) is 3.17. The summed E-state index contributed by atoms with van der Waals surface area (Å²) in [5.41, 5.74) is 1.82. The number of hydrogen-bond donors (Lipinski definition) is 0. The molecule has 0 unspecified atom stereocenters. The number of carbonyl (C=O) groups excluding carboxylic acids is 1. The Labute approximate surface area is 142 Å². The van der Waals surface area contributed by atoms with E-state index in [0.717, 1.165) is 51.9 Å². The lowest BCUT2D eigenvalue weighted by Gasteiger charge is -2.47. The molecule has 4 rings (SSSR count). The van der Waals surface area contributed by atoms with Crippen LogP contribution in [-0.2, 0) is 16.1 Å². The van der Waals surface area contributed by atoms with Crippen LogP contribution in [0.2, 0.25) is 0 Å². The Morgan fingerprint density at radius 2 is 1.92 bits per heavy atom. The molecule has 3 fully saturated rings. The summed E-state index contributed by atoms with van der Waals surface area (Å²) in [6.07, 6.45) is 4.29. The number of rotatable bonds is 3. The molecule has 1 spiro atoms. The topological polar surface area (TPSA) is 56.6 Å². The number of nitriles is 1. The van der Waals surface area contributed by atoms with E-state index in [0.29, 0.717) is 11.6 Å². The standard InChI is InChI=1S/C19H23N3O2/c20-11-15-1-3-16(4-2-15)12-21-9-7-19(8-10-21)14-22(17-5-6-17)18(23)13-24-19/h1-4,17H,5-10,12-14H2. The first-order valence-electron chi connectivity index (χ1n) is 8.82. The van der Waals surface area contributed by atoms with Gasteiger partial charge in [-0.25, -0.2) is 0 Å². The Morgan fingerprint density at radius 3 is 2.54 bits per heavy atom. The number of ether oxygens (including phenoxy) is 1. The maximum absolute atomic E-state index is 12.0. The lowest BCUT2D eigenvalue weighted by Crippen LogP contribution is -2.59. The molecule has 5 nitrogen and oxygen atoms in total. The predicted molar refractivity (Wildman–Crippen MR) is 89.1 cm³/mol. The SMILES string of the molecule is N#Cc1ccc(CN2CCC3(CC2)CN(C2CC2)C(=O)CO3)cc1. The molecule has 0 aromatic heterocycles. The van der Waals surface area contributed by atoms with E-state index in [4.69, 9.17) is 10.00 Å². The van der Waals surface area contributed by atoms with E-state index in [2.05, 4.69) is 15.9 Å². The average molecular weight is 325 g/mol. The van der Waals surface area contributed by atoms with Gasteiger partial charge in [0.15, 0.2) is 0 Å². The van der Waals surface area contributed by atoms with Crippen LogP contribution in [-0.4, -0.2) is 53.6 Å². The van der Waals surface area contributed by atoms with Crippen molar-refractivity contribution < 1.29 is 9.53 Å². The van der Waals surface area contributed by atoms with Gasteiger partial charge in [-0.05, 0) is 43.4 Å². The van der Waals surface area contributed by atoms with E-state index in [9.17, 15) is 4.79 Å². The van der Waals surface area contributed by atoms with Crippen LogP contribution in [0.5, 0.6) is 0 Å². The fraction of sp³-hybridized carbons (Fsp3) is 0.579. The molecule has 126 valence electrons. The number of nitrogens with zero attached hydrogens (tertiary/aromatic N) is 3. The smallest absolute Gasteiger partial charge is 0.248 e. The van der Waals surface area contributed by atoms with Crippen LogP contribution in [0.4, 0.5) is 0 Å². The van der Waals surface area contributed by atoms with Crippen molar-refractivity contribution in [3.8, 4) is 6.07 Å². The van der Waals surface area contributed by atoms with Gasteiger partial charge in [-0.2, -0.15) is 5.26 Å². The van der Waals surface area contributed by atoms with E-state index < -0.39 is 0 Å². The van der Waals surface area contributed by atoms with Gasteiger partial charge in [0.25, 0.3) is 0 Å². The van der Waals surface area contributed by atoms with Crippen molar-refractivity contribution in [2.24, 2.45) is 0 Å². The molecule has 1 aromatic carbocycles. The van der Waals surface area contributed by atoms with Crippen LogP contribution in [0.15, 0.2) is 24.3 Å². The molecule has 1 aromatic rings. The van der Waals surface area contributed by atoms with Crippen molar-refractivity contribution in [1.82, 2.24) is 9.80 Å². The highest BCUT2D eigenvalue weighted by atomic mass is 16.5. The van der Waals surface area contributed by atoms with Gasteiger partial charge in [0.05, 0.1) is 23.8 Å². The monoisotopic (exact) mass is 325 g/mol. The maximum Gasteiger partial charge on any atom is 0.248 e. The lowest BCUT2D eigenvalue weighted by molar-refractivity contribution is -0.172. The van der Waals surface area contributed by atoms with Crippen molar-refractivity contribution >= 4 is 5.91 Å². The molecule has 0 N–H and O–H groups in total. The largest absolute Gasteiger partial charge is 0.363 e. The molecule has 0 bridgehead atoms. The number of carbonyl (C=O) groups is 1. The van der Waals surface area contributed by atoms with Crippen molar-refractivity contribution in [1.29, 1.82) is 5.26 Å². The summed E-state index contributed by atoms with van der Waals surface area (Å²) in [5.74, 6) is 0.170. The van der Waals surface area contributed by atoms with Gasteiger partial charge in [0.2, 0.25) is 5.91 Å². The summed E-state index contributed by atoms with van der Waals surface area (Å²) >= 11 is 0. The highest BCUT2D eigenvalue weighted by molar-refractivity contribution is 5.79. The average Bonchev–Trinajstić information content (AvgIpc) is 3.45. The van der Waals surface area contributed by atoms with Crippen LogP contribution in [0.25, 0.3) is 0 Å². The minimum absolute atomic E-state index is 0.127. The Balaban J connectivity index is 1.34. The normalized spacial score (nSPS) is 24.1. The van der Waals surface area contributed by atoms with Crippen LogP contribution < -0.4 is 0 Å². The minimum atomic E-state index is -0.127. The first-order valence-corrected chi connectivity index (χ1v) is 8.82. The summed E-state index contributed by atoms with van der Waals surface area (Å²) in [5, 5.41) is 8.87. The molecule has 2 saturated heterocycles. The number of piperidine rings is 1. The zero-order valence-electron chi connectivity index (χ0n) is 13.9. The predicted octanol–water partition coefficient (Wildman–Crippen LogP) is 1.91. The van der Waals surface area contributed by atoms with Gasteiger partial charge >= 0.3 is 0 Å². The molecule has 1 aliphatic carbocycles. The van der Waals surface area contributed by atoms with E-state index in [1.54, 1.807) is 0 Å². The fourth-order valence-corrected chi connectivity index (χ4v) is 3.82. The quantitative estimate of drug-likeness (QED) is 0.852. The third-order valence-electron chi connectivity index (χ3n) is 5.52. The first kappa shape index (κ1) is 15.6. The van der Waals surface area contributed by atoms with Gasteiger partial charge in [0, 0.05) is 25.7 Å². The Kier molecular flexibility index (Phi) is 4.03. The summed E-state index contributed by atoms with van der Waals surface area (Å²) in [4.78, 5) is 16.5. The molecule has 24 heavy (non-hydrogen) atoms. The Bertz CT molecular complexity index is 652. The van der Waals surface area contributed by atoms with Gasteiger partial charge in [-0.1, -0.05) is 12.1 Å². The fourth-order valence-electron chi connectivity index (χ4n) is 3.82. The molecule has 2 aliphatic heterocycles. The van der Waals surface area contributed by atoms with E-state index in [1.165, 1.54) is 5.56 Å². The molecule has 1 saturated carbocycles. The summed E-state index contributed by atoms with van der Waals surface area (Å²) in [6, 6.07) is 10.5. The molecule has 3 aliphatic rings. The maximum atomic E-state index is 12.0. The molecule has 5 heteroatoms. The van der Waals surface area contributed by atoms with Crippen molar-refractivity contribution in [3.63, 3.8) is 0 Å². The first-order chi connectivity index (χ1) is 11.7. The number of hydrogen-bond acceptors (Lipinski definition) is 4. The second-order valence-corrected chi connectivity index (χ2v) is 7.31. The van der Waals surface area contributed by atoms with E-state index in [-0.39, 0.29) is 18.1 Å². The second kappa shape index (κ2) is 6.19. The lowest BCUT2D eigenvalue weighted by atomic mass is 9.89. The number of likely N-dealkylation sites (tertiary alicyclic amines) is 1. The molecule has 0 radical (unpaired) electrons. The van der Waals surface area contributed by atoms with E-state index in [1.807, 2.05) is 24.3 Å². The molecular formula is C19H23N3O2. The van der Waals surface area contributed by atoms with Crippen molar-refractivity contribution in [3.05, 3.63) is 35.4 Å². The van der Waals surface area contributed by atoms with Gasteiger partial charge in [-0.3, -0.25) is 9.69 Å².